The Morgan fingerprint density at radius 3 is 3.00 bits per heavy atom. The second kappa shape index (κ2) is 6.49. The van der Waals surface area contributed by atoms with Gasteiger partial charge in [-0.25, -0.2) is 9.78 Å². The number of nitrogens with zero attached hydrogens (tertiary/aromatic N) is 4. The topological polar surface area (TPSA) is 52.9 Å². The monoisotopic (exact) mass is 333 g/mol. The maximum Gasteiger partial charge on any atom is 0.318 e. The zero-order chi connectivity index (χ0) is 15.6. The predicted molar refractivity (Wildman–Crippen MR) is 90.7 cm³/mol. The summed E-state index contributed by atoms with van der Waals surface area (Å²) in [6, 6.07) is 0.432. The second-order valence-electron chi connectivity index (χ2n) is 6.48. The maximum absolute atomic E-state index is 12.5. The number of thiazole rings is 1. The third-order valence-electron chi connectivity index (χ3n) is 4.87. The highest BCUT2D eigenvalue weighted by Crippen LogP contribution is 2.20. The van der Waals surface area contributed by atoms with E-state index in [1.165, 1.54) is 25.9 Å². The zero-order valence-corrected chi connectivity index (χ0v) is 14.1. The molecule has 2 fully saturated rings. The average molecular weight is 333 g/mol. The van der Waals surface area contributed by atoms with Gasteiger partial charge in [0.25, 0.3) is 0 Å². The van der Waals surface area contributed by atoms with Crippen LogP contribution in [0.2, 0.25) is 0 Å². The van der Waals surface area contributed by atoms with E-state index in [-0.39, 0.29) is 6.03 Å². The van der Waals surface area contributed by atoms with Crippen LogP contribution in [0.25, 0.3) is 4.96 Å². The average Bonchev–Trinajstić information content (AvgIpc) is 3.29. The fourth-order valence-electron chi connectivity index (χ4n) is 3.69. The van der Waals surface area contributed by atoms with Gasteiger partial charge in [0.15, 0.2) is 4.96 Å². The van der Waals surface area contributed by atoms with Crippen molar-refractivity contribution in [2.75, 3.05) is 26.2 Å². The Balaban J connectivity index is 1.32. The van der Waals surface area contributed by atoms with Crippen molar-refractivity contribution in [2.24, 2.45) is 0 Å². The molecule has 0 aromatic carbocycles. The van der Waals surface area contributed by atoms with Gasteiger partial charge in [-0.3, -0.25) is 4.40 Å². The standard InChI is InChI=1S/C16H23N5OS/c22-15(17-10-13-11-20-8-9-23-16(20)18-13)21-7-3-4-14(21)12-19-5-1-2-6-19/h8-9,11,14H,1-7,10,12H2,(H,17,22)/t14-/m1/s1. The summed E-state index contributed by atoms with van der Waals surface area (Å²) in [6.45, 7) is 4.80. The van der Waals surface area contributed by atoms with E-state index in [0.717, 1.165) is 36.6 Å². The molecule has 0 saturated carbocycles. The maximum atomic E-state index is 12.5. The van der Waals surface area contributed by atoms with Crippen molar-refractivity contribution in [1.29, 1.82) is 0 Å². The lowest BCUT2D eigenvalue weighted by molar-refractivity contribution is 0.174. The normalized spacial score (nSPS) is 22.3. The van der Waals surface area contributed by atoms with E-state index in [4.69, 9.17) is 0 Å². The Morgan fingerprint density at radius 2 is 2.17 bits per heavy atom. The molecule has 4 heterocycles. The third-order valence-corrected chi connectivity index (χ3v) is 5.64. The number of likely N-dealkylation sites (tertiary alicyclic amines) is 2. The Hall–Kier alpha value is -1.60. The lowest BCUT2D eigenvalue weighted by Crippen LogP contribution is -2.46. The van der Waals surface area contributed by atoms with E-state index in [1.54, 1.807) is 11.3 Å². The summed E-state index contributed by atoms with van der Waals surface area (Å²) in [5.41, 5.74) is 0.917. The molecule has 2 aromatic rings. The van der Waals surface area contributed by atoms with Crippen molar-refractivity contribution >= 4 is 22.3 Å². The quantitative estimate of drug-likeness (QED) is 0.933. The van der Waals surface area contributed by atoms with Crippen molar-refractivity contribution in [3.63, 3.8) is 0 Å². The van der Waals surface area contributed by atoms with Gasteiger partial charge in [-0.15, -0.1) is 11.3 Å². The lowest BCUT2D eigenvalue weighted by atomic mass is 10.2. The number of rotatable bonds is 4. The van der Waals surface area contributed by atoms with Gasteiger partial charge in [0.2, 0.25) is 0 Å². The molecular weight excluding hydrogens is 310 g/mol. The predicted octanol–water partition coefficient (Wildman–Crippen LogP) is 2.17. The van der Waals surface area contributed by atoms with Crippen LogP contribution in [0.3, 0.4) is 0 Å². The molecule has 0 unspecified atom stereocenters. The van der Waals surface area contributed by atoms with Crippen LogP contribution in [0, 0.1) is 0 Å². The molecule has 4 rings (SSSR count). The number of hydrogen-bond donors (Lipinski definition) is 1. The number of carbonyl (C=O) groups excluding carboxylic acids is 1. The largest absolute Gasteiger partial charge is 0.332 e. The summed E-state index contributed by atoms with van der Waals surface area (Å²) in [4.78, 5) is 22.5. The molecule has 7 heteroatoms. The number of imidazole rings is 1. The van der Waals surface area contributed by atoms with Gasteiger partial charge in [-0.05, 0) is 38.8 Å². The minimum absolute atomic E-state index is 0.0584. The molecule has 1 atom stereocenters. The molecule has 1 N–H and O–H groups in total. The van der Waals surface area contributed by atoms with Gasteiger partial charge in [0.05, 0.1) is 12.2 Å². The molecule has 2 aliphatic heterocycles. The van der Waals surface area contributed by atoms with Crippen LogP contribution in [-0.2, 0) is 6.54 Å². The summed E-state index contributed by atoms with van der Waals surface area (Å²) in [6.07, 6.45) is 8.83. The highest BCUT2D eigenvalue weighted by atomic mass is 32.1. The lowest BCUT2D eigenvalue weighted by Gasteiger charge is -2.28. The molecule has 0 spiro atoms. The van der Waals surface area contributed by atoms with Gasteiger partial charge < -0.3 is 15.1 Å². The van der Waals surface area contributed by atoms with Gasteiger partial charge in [-0.1, -0.05) is 0 Å². The molecule has 2 amide bonds. The number of urea groups is 1. The van der Waals surface area contributed by atoms with Crippen molar-refractivity contribution in [3.8, 4) is 0 Å². The fraction of sp³-hybridized carbons (Fsp3) is 0.625. The van der Waals surface area contributed by atoms with Crippen LogP contribution in [0.5, 0.6) is 0 Å². The first-order chi connectivity index (χ1) is 11.3. The van der Waals surface area contributed by atoms with Crippen molar-refractivity contribution in [3.05, 3.63) is 23.5 Å². The van der Waals surface area contributed by atoms with E-state index < -0.39 is 0 Å². The fourth-order valence-corrected chi connectivity index (χ4v) is 4.40. The Kier molecular flexibility index (Phi) is 4.22. The number of fused-ring (bicyclic) bond motifs is 1. The summed E-state index contributed by atoms with van der Waals surface area (Å²) < 4.78 is 2.00. The molecule has 23 heavy (non-hydrogen) atoms. The molecular formula is C16H23N5OS. The molecule has 2 saturated heterocycles. The minimum Gasteiger partial charge on any atom is -0.332 e. The van der Waals surface area contributed by atoms with Gasteiger partial charge in [0.1, 0.15) is 0 Å². The molecule has 124 valence electrons. The SMILES string of the molecule is O=C(NCc1cn2ccsc2n1)N1CCC[C@@H]1CN1CCCC1. The van der Waals surface area contributed by atoms with Crippen LogP contribution < -0.4 is 5.32 Å². The summed E-state index contributed by atoms with van der Waals surface area (Å²) >= 11 is 1.61. The molecule has 2 aromatic heterocycles. The number of aromatic nitrogens is 2. The van der Waals surface area contributed by atoms with Crippen molar-refractivity contribution in [2.45, 2.75) is 38.3 Å². The van der Waals surface area contributed by atoms with Gasteiger partial charge in [0, 0.05) is 36.9 Å². The zero-order valence-electron chi connectivity index (χ0n) is 13.3. The highest BCUT2D eigenvalue weighted by Gasteiger charge is 2.30. The van der Waals surface area contributed by atoms with Crippen molar-refractivity contribution < 1.29 is 4.79 Å². The first-order valence-corrected chi connectivity index (χ1v) is 9.35. The highest BCUT2D eigenvalue weighted by molar-refractivity contribution is 7.15. The van der Waals surface area contributed by atoms with Gasteiger partial charge >= 0.3 is 6.03 Å². The van der Waals surface area contributed by atoms with Crippen LogP contribution in [-0.4, -0.2) is 57.4 Å². The van der Waals surface area contributed by atoms with Crippen LogP contribution >= 0.6 is 11.3 Å². The van der Waals surface area contributed by atoms with Crippen molar-refractivity contribution in [1.82, 2.24) is 24.5 Å². The number of amides is 2. The van der Waals surface area contributed by atoms with Gasteiger partial charge in [-0.2, -0.15) is 0 Å². The molecule has 6 nitrogen and oxygen atoms in total. The summed E-state index contributed by atoms with van der Waals surface area (Å²) in [5.74, 6) is 0. The Labute approximate surface area is 140 Å². The number of carbonyl (C=O) groups is 1. The molecule has 0 bridgehead atoms. The third kappa shape index (κ3) is 3.21. The first-order valence-electron chi connectivity index (χ1n) is 8.47. The summed E-state index contributed by atoms with van der Waals surface area (Å²) in [5, 5.41) is 5.06. The van der Waals surface area contributed by atoms with E-state index >= 15 is 0 Å². The number of nitrogens with one attached hydrogen (secondary N) is 1. The van der Waals surface area contributed by atoms with E-state index in [0.29, 0.717) is 12.6 Å². The first kappa shape index (κ1) is 15.0. The van der Waals surface area contributed by atoms with E-state index in [9.17, 15) is 4.79 Å². The van der Waals surface area contributed by atoms with Crippen LogP contribution in [0.4, 0.5) is 4.79 Å². The van der Waals surface area contributed by atoms with Crippen LogP contribution in [0.1, 0.15) is 31.4 Å². The smallest absolute Gasteiger partial charge is 0.318 e. The second-order valence-corrected chi connectivity index (χ2v) is 7.35. The number of hydrogen-bond acceptors (Lipinski definition) is 4. The van der Waals surface area contributed by atoms with E-state index in [2.05, 4.69) is 15.2 Å². The Morgan fingerprint density at radius 1 is 1.30 bits per heavy atom. The summed E-state index contributed by atoms with van der Waals surface area (Å²) in [7, 11) is 0. The van der Waals surface area contributed by atoms with E-state index in [1.807, 2.05) is 27.1 Å². The minimum atomic E-state index is 0.0584. The molecule has 0 aliphatic carbocycles. The van der Waals surface area contributed by atoms with Crippen LogP contribution in [0.15, 0.2) is 17.8 Å². The molecule has 0 radical (unpaired) electrons. The Bertz CT molecular complexity index is 646. The molecule has 2 aliphatic rings.